The Bertz CT molecular complexity index is 884. The van der Waals surface area contributed by atoms with Gasteiger partial charge in [0, 0.05) is 10.7 Å². The number of nitrogens with one attached hydrogen (secondary N) is 1. The number of para-hydroxylation sites is 2. The molecule has 0 aliphatic rings. The molecule has 0 aliphatic heterocycles. The van der Waals surface area contributed by atoms with Crippen LogP contribution < -0.4 is 14.4 Å². The van der Waals surface area contributed by atoms with E-state index in [1.165, 1.54) is 0 Å². The van der Waals surface area contributed by atoms with Crippen molar-refractivity contribution in [2.75, 3.05) is 22.4 Å². The molecule has 140 valence electrons. The van der Waals surface area contributed by atoms with E-state index >= 15 is 0 Å². The van der Waals surface area contributed by atoms with E-state index in [2.05, 4.69) is 5.32 Å². The van der Waals surface area contributed by atoms with Gasteiger partial charge in [0.25, 0.3) is 0 Å². The van der Waals surface area contributed by atoms with Gasteiger partial charge in [0.15, 0.2) is 0 Å². The summed E-state index contributed by atoms with van der Waals surface area (Å²) < 4.78 is 31.3. The summed E-state index contributed by atoms with van der Waals surface area (Å²) in [6, 6.07) is 13.3. The average molecular weight is 397 g/mol. The number of carbonyl (C=O) groups is 1. The summed E-state index contributed by atoms with van der Waals surface area (Å²) in [6.07, 6.45) is 0.907. The third-order valence-electron chi connectivity index (χ3n) is 3.29. The van der Waals surface area contributed by atoms with Crippen LogP contribution in [0.25, 0.3) is 0 Å². The number of benzene rings is 2. The first kappa shape index (κ1) is 20.1. The van der Waals surface area contributed by atoms with Gasteiger partial charge in [-0.2, -0.15) is 0 Å². The van der Waals surface area contributed by atoms with Crippen molar-refractivity contribution in [3.05, 3.63) is 53.6 Å². The number of hydrogen-bond acceptors (Lipinski definition) is 4. The van der Waals surface area contributed by atoms with Crippen LogP contribution in [0.5, 0.6) is 5.75 Å². The van der Waals surface area contributed by atoms with Crippen LogP contribution in [0.15, 0.2) is 48.5 Å². The van der Waals surface area contributed by atoms with Crippen LogP contribution in [-0.4, -0.2) is 33.2 Å². The molecule has 1 N–H and O–H groups in total. The van der Waals surface area contributed by atoms with E-state index in [1.807, 2.05) is 13.8 Å². The summed E-state index contributed by atoms with van der Waals surface area (Å²) in [4.78, 5) is 12.4. The summed E-state index contributed by atoms with van der Waals surface area (Å²) in [5.74, 6) is -0.0967. The summed E-state index contributed by atoms with van der Waals surface area (Å²) in [5.41, 5.74) is 0.799. The number of hydrogen-bond donors (Lipinski definition) is 1. The van der Waals surface area contributed by atoms with Crippen molar-refractivity contribution in [2.45, 2.75) is 20.0 Å². The molecular weight excluding hydrogens is 376 g/mol. The molecule has 0 unspecified atom stereocenters. The Morgan fingerprint density at radius 3 is 2.50 bits per heavy atom. The lowest BCUT2D eigenvalue weighted by Gasteiger charge is -2.25. The highest BCUT2D eigenvalue weighted by atomic mass is 35.5. The average Bonchev–Trinajstić information content (AvgIpc) is 2.52. The molecule has 0 bridgehead atoms. The van der Waals surface area contributed by atoms with Gasteiger partial charge in [-0.25, -0.2) is 8.42 Å². The molecule has 2 rings (SSSR count). The highest BCUT2D eigenvalue weighted by Crippen LogP contribution is 2.30. The molecule has 8 heteroatoms. The molecule has 2 aromatic rings. The SMILES string of the molecule is CC(C)Oc1ccccc1N(CC(=O)Nc1cccc(Cl)c1)S(C)(=O)=O. The lowest BCUT2D eigenvalue weighted by Crippen LogP contribution is -2.37. The molecule has 0 saturated carbocycles. The van der Waals surface area contributed by atoms with Gasteiger partial charge < -0.3 is 10.1 Å². The maximum Gasteiger partial charge on any atom is 0.245 e. The largest absolute Gasteiger partial charge is 0.489 e. The van der Waals surface area contributed by atoms with Gasteiger partial charge >= 0.3 is 0 Å². The second kappa shape index (κ2) is 8.42. The van der Waals surface area contributed by atoms with Gasteiger partial charge in [0.1, 0.15) is 12.3 Å². The Kier molecular flexibility index (Phi) is 6.50. The fraction of sp³-hybridized carbons (Fsp3) is 0.278. The van der Waals surface area contributed by atoms with Crippen molar-refractivity contribution < 1.29 is 17.9 Å². The van der Waals surface area contributed by atoms with E-state index in [0.29, 0.717) is 22.1 Å². The summed E-state index contributed by atoms with van der Waals surface area (Å²) in [6.45, 7) is 3.30. The molecule has 0 spiro atoms. The molecule has 26 heavy (non-hydrogen) atoms. The highest BCUT2D eigenvalue weighted by molar-refractivity contribution is 7.92. The van der Waals surface area contributed by atoms with Crippen molar-refractivity contribution >= 4 is 38.9 Å². The zero-order chi connectivity index (χ0) is 19.3. The van der Waals surface area contributed by atoms with Gasteiger partial charge in [-0.05, 0) is 44.2 Å². The van der Waals surface area contributed by atoms with Crippen molar-refractivity contribution in [2.24, 2.45) is 0 Å². The van der Waals surface area contributed by atoms with Crippen LogP contribution in [-0.2, 0) is 14.8 Å². The Hall–Kier alpha value is -2.25. The summed E-state index contributed by atoms with van der Waals surface area (Å²) in [7, 11) is -3.71. The van der Waals surface area contributed by atoms with Gasteiger partial charge in [-0.3, -0.25) is 9.10 Å². The smallest absolute Gasteiger partial charge is 0.245 e. The number of amides is 1. The predicted molar refractivity (Wildman–Crippen MR) is 104 cm³/mol. The molecule has 0 aliphatic carbocycles. The molecule has 1 amide bonds. The van der Waals surface area contributed by atoms with Crippen LogP contribution in [0.2, 0.25) is 5.02 Å². The maximum atomic E-state index is 12.4. The molecule has 0 aromatic heterocycles. The van der Waals surface area contributed by atoms with Crippen molar-refractivity contribution in [1.82, 2.24) is 0 Å². The van der Waals surface area contributed by atoms with Gasteiger partial charge in [0.2, 0.25) is 15.9 Å². The van der Waals surface area contributed by atoms with Gasteiger partial charge in [-0.1, -0.05) is 29.8 Å². The number of nitrogens with zero attached hydrogens (tertiary/aromatic N) is 1. The quantitative estimate of drug-likeness (QED) is 0.776. The lowest BCUT2D eigenvalue weighted by molar-refractivity contribution is -0.114. The third-order valence-corrected chi connectivity index (χ3v) is 4.65. The van der Waals surface area contributed by atoms with E-state index in [9.17, 15) is 13.2 Å². The Labute approximate surface area is 158 Å². The lowest BCUT2D eigenvalue weighted by atomic mass is 10.2. The number of anilines is 2. The number of rotatable bonds is 7. The first-order valence-electron chi connectivity index (χ1n) is 7.95. The minimum Gasteiger partial charge on any atom is -0.489 e. The Morgan fingerprint density at radius 2 is 1.88 bits per heavy atom. The second-order valence-corrected chi connectivity index (χ2v) is 8.31. The van der Waals surface area contributed by atoms with E-state index in [0.717, 1.165) is 10.6 Å². The Balaban J connectivity index is 2.28. The molecule has 6 nitrogen and oxygen atoms in total. The predicted octanol–water partition coefficient (Wildman–Crippen LogP) is 3.53. The van der Waals surface area contributed by atoms with E-state index in [-0.39, 0.29) is 12.6 Å². The van der Waals surface area contributed by atoms with Gasteiger partial charge in [-0.15, -0.1) is 0 Å². The van der Waals surface area contributed by atoms with Crippen molar-refractivity contribution in [1.29, 1.82) is 0 Å². The molecule has 0 fully saturated rings. The normalized spacial score (nSPS) is 11.3. The summed E-state index contributed by atoms with van der Waals surface area (Å²) >= 11 is 5.90. The Morgan fingerprint density at radius 1 is 1.19 bits per heavy atom. The minimum atomic E-state index is -3.71. The standard InChI is InChI=1S/C18H21ClN2O4S/c1-13(2)25-17-10-5-4-9-16(17)21(26(3,23)24)12-18(22)20-15-8-6-7-14(19)11-15/h4-11,13H,12H2,1-3H3,(H,20,22). The molecule has 0 radical (unpaired) electrons. The second-order valence-electron chi connectivity index (χ2n) is 5.96. The van der Waals surface area contributed by atoms with Gasteiger partial charge in [0.05, 0.1) is 18.0 Å². The van der Waals surface area contributed by atoms with Crippen LogP contribution in [0.4, 0.5) is 11.4 Å². The van der Waals surface area contributed by atoms with Crippen molar-refractivity contribution in [3.8, 4) is 5.75 Å². The zero-order valence-electron chi connectivity index (χ0n) is 14.8. The topological polar surface area (TPSA) is 75.7 Å². The van der Waals surface area contributed by atoms with Crippen LogP contribution in [0.3, 0.4) is 0 Å². The molecule has 0 heterocycles. The third kappa shape index (κ3) is 5.64. The monoisotopic (exact) mass is 396 g/mol. The number of halogens is 1. The number of sulfonamides is 1. The van der Waals surface area contributed by atoms with Crippen molar-refractivity contribution in [3.63, 3.8) is 0 Å². The van der Waals surface area contributed by atoms with E-state index in [1.54, 1.807) is 48.5 Å². The molecular formula is C18H21ClN2O4S. The fourth-order valence-corrected chi connectivity index (χ4v) is 3.35. The number of ether oxygens (including phenoxy) is 1. The molecule has 0 atom stereocenters. The molecule has 0 saturated heterocycles. The van der Waals surface area contributed by atoms with Crippen LogP contribution >= 0.6 is 11.6 Å². The minimum absolute atomic E-state index is 0.141. The molecule has 2 aromatic carbocycles. The highest BCUT2D eigenvalue weighted by Gasteiger charge is 2.24. The summed E-state index contributed by atoms with van der Waals surface area (Å²) in [5, 5.41) is 3.12. The van der Waals surface area contributed by atoms with E-state index < -0.39 is 15.9 Å². The van der Waals surface area contributed by atoms with Crippen LogP contribution in [0.1, 0.15) is 13.8 Å². The first-order valence-corrected chi connectivity index (χ1v) is 10.2. The number of carbonyl (C=O) groups excluding carboxylic acids is 1. The van der Waals surface area contributed by atoms with E-state index in [4.69, 9.17) is 16.3 Å². The van der Waals surface area contributed by atoms with Crippen LogP contribution in [0, 0.1) is 0 Å². The first-order chi connectivity index (χ1) is 12.2. The zero-order valence-corrected chi connectivity index (χ0v) is 16.3. The fourth-order valence-electron chi connectivity index (χ4n) is 2.30. The maximum absolute atomic E-state index is 12.4.